The fourth-order valence-electron chi connectivity index (χ4n) is 5.11. The predicted octanol–water partition coefficient (Wildman–Crippen LogP) is 8.84. The molecular weight excluding hydrogens is 678 g/mol. The van der Waals surface area contributed by atoms with E-state index in [4.69, 9.17) is 0 Å². The molecule has 0 saturated carbocycles. The Bertz CT molecular complexity index is 878. The number of hydrogen-bond donors (Lipinski definition) is 0. The SMILES string of the molecule is C[Si](C)(C)C1=CC([Si](C)(C)C)=[C]([Hf]([CH3])([CH3])(=[SiH2])[C]2=C([Si](C)(C)C)C=C([Si](C)(C)C)C2)C1.Cl.Cl. The van der Waals surface area contributed by atoms with Gasteiger partial charge in [0.1, 0.15) is 0 Å². The maximum Gasteiger partial charge on any atom is -0.147 e. The van der Waals surface area contributed by atoms with Gasteiger partial charge in [0, 0.05) is 0 Å². The van der Waals surface area contributed by atoms with E-state index in [0.717, 1.165) is 0 Å². The summed E-state index contributed by atoms with van der Waals surface area (Å²) in [5, 5.41) is 7.39. The van der Waals surface area contributed by atoms with E-state index in [0.29, 0.717) is 0 Å². The van der Waals surface area contributed by atoms with Crippen molar-refractivity contribution in [2.75, 3.05) is 0 Å². The number of halogens is 2. The molecular formula is C24H52Cl2HfSi5. The fourth-order valence-corrected chi connectivity index (χ4v) is 48.6. The molecule has 2 aliphatic rings. The molecule has 0 nitrogen and oxygen atoms in total. The molecule has 2 aliphatic carbocycles. The Kier molecular flexibility index (Phi) is 10.2. The molecule has 0 aromatic heterocycles. The van der Waals surface area contributed by atoms with E-state index in [1.54, 1.807) is 0 Å². The van der Waals surface area contributed by atoms with Crippen molar-refractivity contribution in [2.24, 2.45) is 0 Å². The van der Waals surface area contributed by atoms with Gasteiger partial charge in [-0.15, -0.1) is 24.8 Å². The van der Waals surface area contributed by atoms with Crippen molar-refractivity contribution in [3.63, 3.8) is 0 Å². The van der Waals surface area contributed by atoms with Gasteiger partial charge in [-0.25, -0.2) is 0 Å². The third kappa shape index (κ3) is 6.83. The molecule has 0 N–H and O–H groups in total. The molecule has 0 aliphatic heterocycles. The maximum atomic E-state index is 2.82. The van der Waals surface area contributed by atoms with Crippen LogP contribution in [0.1, 0.15) is 12.8 Å². The van der Waals surface area contributed by atoms with Gasteiger partial charge in [-0.05, 0) is 0 Å². The first-order chi connectivity index (χ1) is 12.9. The Labute approximate surface area is 219 Å². The van der Waals surface area contributed by atoms with Crippen LogP contribution >= 0.6 is 24.8 Å². The van der Waals surface area contributed by atoms with Gasteiger partial charge in [-0.3, -0.25) is 0 Å². The average molecular weight is 731 g/mol. The van der Waals surface area contributed by atoms with Crippen LogP contribution in [0.25, 0.3) is 0 Å². The third-order valence-electron chi connectivity index (χ3n) is 7.50. The van der Waals surface area contributed by atoms with Crippen molar-refractivity contribution in [2.45, 2.75) is 101 Å². The zero-order valence-electron chi connectivity index (χ0n) is 23.6. The summed E-state index contributed by atoms with van der Waals surface area (Å²) in [6, 6.07) is 0. The summed E-state index contributed by atoms with van der Waals surface area (Å²) < 4.78 is 9.64. The number of hydrogen-bond acceptors (Lipinski definition) is 0. The van der Waals surface area contributed by atoms with Crippen LogP contribution in [-0.4, -0.2) is 39.2 Å². The standard InChI is InChI=1S/2C11H21Si2.2CH3.2ClH.Hf.H2Si/c2*1-12(2,3)10-7-8-11(9-10)13(4,5)6;;;;;;/h2*9H,7H2,1-6H3;2*1H3;2*1H;;1H2. The number of rotatable bonds is 6. The first-order valence-electron chi connectivity index (χ1n) is 11.9. The van der Waals surface area contributed by atoms with Gasteiger partial charge in [0.15, 0.2) is 0 Å². The van der Waals surface area contributed by atoms with Gasteiger partial charge >= 0.3 is 197 Å². The summed E-state index contributed by atoms with van der Waals surface area (Å²) in [5.74, 6) is 0. The van der Waals surface area contributed by atoms with Gasteiger partial charge in [0.05, 0.1) is 0 Å². The normalized spacial score (nSPS) is 19.0. The molecule has 0 fully saturated rings. The van der Waals surface area contributed by atoms with E-state index in [1.165, 1.54) is 12.8 Å². The summed E-state index contributed by atoms with van der Waals surface area (Å²) in [4.78, 5) is 0. The van der Waals surface area contributed by atoms with Crippen LogP contribution in [0.2, 0.25) is 87.9 Å². The van der Waals surface area contributed by atoms with Crippen LogP contribution in [0.3, 0.4) is 0 Å². The Morgan fingerprint density at radius 3 is 1.00 bits per heavy atom. The van der Waals surface area contributed by atoms with E-state index >= 15 is 0 Å². The quantitative estimate of drug-likeness (QED) is 0.240. The summed E-state index contributed by atoms with van der Waals surface area (Å²) in [7, 11) is -5.28. The molecule has 0 atom stereocenters. The summed E-state index contributed by atoms with van der Waals surface area (Å²) in [6.45, 7) is 33.5. The Morgan fingerprint density at radius 2 is 0.812 bits per heavy atom. The smallest absolute Gasteiger partial charge is 0.147 e. The van der Waals surface area contributed by atoms with Crippen molar-refractivity contribution < 1.29 is 17.1 Å². The fraction of sp³-hybridized carbons (Fsp3) is 0.667. The van der Waals surface area contributed by atoms with Gasteiger partial charge in [-0.2, -0.15) is 0 Å². The zero-order chi connectivity index (χ0) is 23.7. The van der Waals surface area contributed by atoms with Crippen LogP contribution in [0.5, 0.6) is 0 Å². The summed E-state index contributed by atoms with van der Waals surface area (Å²) in [6.07, 6.45) is 8.15. The van der Waals surface area contributed by atoms with Gasteiger partial charge in [-0.1, -0.05) is 0 Å². The first-order valence-corrected chi connectivity index (χ1v) is 45.0. The first kappa shape index (κ1) is 33.5. The Morgan fingerprint density at radius 1 is 0.562 bits per heavy atom. The molecule has 0 heterocycles. The monoisotopic (exact) mass is 730 g/mol. The zero-order valence-corrected chi connectivity index (χ0v) is 34.2. The van der Waals surface area contributed by atoms with Crippen LogP contribution in [0, 0.1) is 0 Å². The summed E-state index contributed by atoms with van der Waals surface area (Å²) in [5.41, 5.74) is 0. The van der Waals surface area contributed by atoms with E-state index in [-0.39, 0.29) is 24.8 Å². The van der Waals surface area contributed by atoms with Crippen molar-refractivity contribution >= 4 is 64.0 Å². The number of allylic oxidation sites excluding steroid dienone is 8. The topological polar surface area (TPSA) is 0 Å². The van der Waals surface area contributed by atoms with E-state index in [2.05, 4.69) is 107 Å². The minimum absolute atomic E-state index is 0. The second-order valence-electron chi connectivity index (χ2n) is 15.2. The minimum Gasteiger partial charge on any atom is -0.147 e. The summed E-state index contributed by atoms with van der Waals surface area (Å²) >= 11 is -3.40. The molecule has 2 rings (SSSR count). The molecule has 0 amide bonds. The van der Waals surface area contributed by atoms with E-state index < -0.39 is 49.4 Å². The maximum absolute atomic E-state index is 3.40. The molecule has 32 heavy (non-hydrogen) atoms. The molecule has 0 aromatic carbocycles. The second kappa shape index (κ2) is 9.75. The third-order valence-corrected chi connectivity index (χ3v) is 42.0. The van der Waals surface area contributed by atoms with E-state index in [1.807, 2.05) is 27.4 Å². The second-order valence-corrected chi connectivity index (χ2v) is 76.5. The molecule has 0 unspecified atom stereocenters. The molecule has 0 aromatic rings. The molecule has 0 spiro atoms. The van der Waals surface area contributed by atoms with Crippen LogP contribution < -0.4 is 0 Å². The van der Waals surface area contributed by atoms with Gasteiger partial charge < -0.3 is 0 Å². The van der Waals surface area contributed by atoms with Crippen LogP contribution in [0.4, 0.5) is 0 Å². The molecule has 0 saturated heterocycles. The van der Waals surface area contributed by atoms with Crippen LogP contribution in [-0.2, 0) is 17.1 Å². The largest absolute Gasteiger partial charge is 0.147 e. The molecule has 8 heteroatoms. The van der Waals surface area contributed by atoms with Crippen molar-refractivity contribution in [1.82, 2.24) is 0 Å². The molecule has 0 bridgehead atoms. The van der Waals surface area contributed by atoms with Crippen LogP contribution in [0.15, 0.2) is 39.6 Å². The minimum atomic E-state index is -3.40. The predicted molar refractivity (Wildman–Crippen MR) is 168 cm³/mol. The van der Waals surface area contributed by atoms with Gasteiger partial charge in [0.2, 0.25) is 0 Å². The Balaban J connectivity index is 0.00000480. The average Bonchev–Trinajstić information content (AvgIpc) is 3.11. The van der Waals surface area contributed by atoms with Gasteiger partial charge in [0.25, 0.3) is 0 Å². The van der Waals surface area contributed by atoms with Crippen molar-refractivity contribution in [3.8, 4) is 0 Å². The molecule has 186 valence electrons. The van der Waals surface area contributed by atoms with E-state index in [9.17, 15) is 0 Å². The van der Waals surface area contributed by atoms with Crippen molar-refractivity contribution in [1.29, 1.82) is 0 Å². The molecule has 0 radical (unpaired) electrons. The van der Waals surface area contributed by atoms with Crippen molar-refractivity contribution in [3.05, 3.63) is 39.6 Å². The Hall–Kier alpha value is 1.49.